The molecule has 0 aliphatic carbocycles. The van der Waals surface area contributed by atoms with Crippen molar-refractivity contribution in [1.82, 2.24) is 15.2 Å². The second-order valence-electron chi connectivity index (χ2n) is 5.15. The first-order valence-electron chi connectivity index (χ1n) is 7.17. The van der Waals surface area contributed by atoms with Gasteiger partial charge in [-0.1, -0.05) is 17.8 Å². The van der Waals surface area contributed by atoms with Gasteiger partial charge >= 0.3 is 6.18 Å². The van der Waals surface area contributed by atoms with Crippen molar-refractivity contribution in [1.29, 1.82) is 0 Å². The third-order valence-electron chi connectivity index (χ3n) is 3.33. The van der Waals surface area contributed by atoms with Gasteiger partial charge in [0.25, 0.3) is 5.78 Å². The highest BCUT2D eigenvalue weighted by atomic mass is 32.2. The van der Waals surface area contributed by atoms with Gasteiger partial charge in [-0.05, 0) is 18.2 Å². The van der Waals surface area contributed by atoms with Crippen LogP contribution >= 0.6 is 11.8 Å². The summed E-state index contributed by atoms with van der Waals surface area (Å²) in [4.78, 5) is 28.4. The number of rotatable bonds is 6. The molecular formula is C16H10F3N3O3S. The molecule has 0 aliphatic rings. The van der Waals surface area contributed by atoms with Gasteiger partial charge in [-0.2, -0.15) is 18.3 Å². The Labute approximate surface area is 148 Å². The molecule has 2 aromatic heterocycles. The molecule has 0 atom stereocenters. The van der Waals surface area contributed by atoms with E-state index in [4.69, 9.17) is 4.42 Å². The molecule has 1 aromatic carbocycles. The Morgan fingerprint density at radius 3 is 2.73 bits per heavy atom. The Kier molecular flexibility index (Phi) is 4.94. The Hall–Kier alpha value is -2.88. The third kappa shape index (κ3) is 4.02. The van der Waals surface area contributed by atoms with Crippen LogP contribution < -0.4 is 0 Å². The number of Topliss-reactive ketones (excluding diaryl/α,β-unsaturated/α-hetero) is 2. The zero-order valence-corrected chi connectivity index (χ0v) is 13.7. The van der Waals surface area contributed by atoms with Gasteiger partial charge in [0.1, 0.15) is 12.6 Å². The van der Waals surface area contributed by atoms with Gasteiger partial charge in [-0.15, -0.1) is 0 Å². The molecule has 0 unspecified atom stereocenters. The number of ketones is 2. The number of aromatic amines is 1. The van der Waals surface area contributed by atoms with Gasteiger partial charge < -0.3 is 4.42 Å². The number of furan rings is 1. The predicted molar refractivity (Wildman–Crippen MR) is 83.7 cm³/mol. The first-order chi connectivity index (χ1) is 12.3. The smallest absolute Gasteiger partial charge is 0.416 e. The average molecular weight is 381 g/mol. The van der Waals surface area contributed by atoms with Gasteiger partial charge in [0, 0.05) is 16.9 Å². The Balaban J connectivity index is 1.75. The van der Waals surface area contributed by atoms with Crippen LogP contribution in [-0.4, -0.2) is 26.7 Å². The van der Waals surface area contributed by atoms with Gasteiger partial charge in [-0.3, -0.25) is 14.7 Å². The van der Waals surface area contributed by atoms with Crippen molar-refractivity contribution in [2.75, 3.05) is 0 Å². The second kappa shape index (κ2) is 7.16. The van der Waals surface area contributed by atoms with E-state index in [1.165, 1.54) is 24.7 Å². The molecular weight excluding hydrogens is 371 g/mol. The van der Waals surface area contributed by atoms with E-state index in [0.717, 1.165) is 30.2 Å². The molecule has 2 heterocycles. The molecule has 134 valence electrons. The molecule has 0 spiro atoms. The van der Waals surface area contributed by atoms with Crippen LogP contribution in [0.15, 0.2) is 57.3 Å². The number of hydrogen-bond donors (Lipinski definition) is 1. The first-order valence-corrected chi connectivity index (χ1v) is 7.99. The van der Waals surface area contributed by atoms with E-state index in [1.807, 2.05) is 0 Å². The zero-order valence-electron chi connectivity index (χ0n) is 12.9. The Morgan fingerprint density at radius 1 is 1.23 bits per heavy atom. The molecule has 3 aromatic rings. The SMILES string of the molecule is O=C(Cc1cocc1Sc1cccc(C(F)(F)F)c1)C(=O)c1ncn[nH]1. The van der Waals surface area contributed by atoms with Gasteiger partial charge in [0.15, 0.2) is 5.82 Å². The predicted octanol–water partition coefficient (Wildman–Crippen LogP) is 3.56. The molecule has 3 rings (SSSR count). The van der Waals surface area contributed by atoms with Crippen LogP contribution in [0.4, 0.5) is 13.2 Å². The van der Waals surface area contributed by atoms with Crippen LogP contribution in [0.2, 0.25) is 0 Å². The molecule has 1 N–H and O–H groups in total. The van der Waals surface area contributed by atoms with E-state index in [1.54, 1.807) is 0 Å². The van der Waals surface area contributed by atoms with E-state index in [2.05, 4.69) is 15.2 Å². The van der Waals surface area contributed by atoms with Crippen LogP contribution in [0.3, 0.4) is 0 Å². The third-order valence-corrected chi connectivity index (χ3v) is 4.39. The molecule has 0 fully saturated rings. The average Bonchev–Trinajstić information content (AvgIpc) is 3.26. The van der Waals surface area contributed by atoms with Crippen LogP contribution in [0.1, 0.15) is 21.7 Å². The number of carbonyl (C=O) groups is 2. The van der Waals surface area contributed by atoms with Crippen molar-refractivity contribution in [3.8, 4) is 0 Å². The minimum atomic E-state index is -4.45. The first kappa shape index (κ1) is 17.9. The van der Waals surface area contributed by atoms with E-state index >= 15 is 0 Å². The minimum absolute atomic E-state index is 0.175. The standard InChI is InChI=1S/C16H10F3N3O3S/c17-16(18,19)10-2-1-3-11(5-10)26-13-7-25-6-9(13)4-12(23)14(24)15-20-8-21-22-15/h1-3,5-8H,4H2,(H,20,21,22). The van der Waals surface area contributed by atoms with Crippen LogP contribution in [0.5, 0.6) is 0 Å². The molecule has 0 radical (unpaired) electrons. The second-order valence-corrected chi connectivity index (χ2v) is 6.27. The van der Waals surface area contributed by atoms with Crippen molar-refractivity contribution >= 4 is 23.3 Å². The monoisotopic (exact) mass is 381 g/mol. The highest BCUT2D eigenvalue weighted by molar-refractivity contribution is 7.99. The fourth-order valence-corrected chi connectivity index (χ4v) is 3.03. The maximum atomic E-state index is 12.8. The van der Waals surface area contributed by atoms with Crippen LogP contribution in [0.25, 0.3) is 0 Å². The number of carbonyl (C=O) groups excluding carboxylic acids is 2. The van der Waals surface area contributed by atoms with E-state index in [0.29, 0.717) is 15.4 Å². The highest BCUT2D eigenvalue weighted by Gasteiger charge is 2.30. The number of H-pyrrole nitrogens is 1. The lowest BCUT2D eigenvalue weighted by atomic mass is 10.1. The highest BCUT2D eigenvalue weighted by Crippen LogP contribution is 2.36. The van der Waals surface area contributed by atoms with Crippen molar-refractivity contribution in [2.45, 2.75) is 22.4 Å². The fraction of sp³-hybridized carbons (Fsp3) is 0.125. The quantitative estimate of drug-likeness (QED) is 0.519. The minimum Gasteiger partial charge on any atom is -0.471 e. The molecule has 0 saturated carbocycles. The van der Waals surface area contributed by atoms with Crippen LogP contribution in [0, 0.1) is 0 Å². The zero-order chi connectivity index (χ0) is 18.7. The fourth-order valence-electron chi connectivity index (χ4n) is 2.09. The van der Waals surface area contributed by atoms with Crippen molar-refractivity contribution < 1.29 is 27.2 Å². The molecule has 0 amide bonds. The lowest BCUT2D eigenvalue weighted by Gasteiger charge is -2.08. The number of halogens is 3. The van der Waals surface area contributed by atoms with E-state index < -0.39 is 23.3 Å². The summed E-state index contributed by atoms with van der Waals surface area (Å²) < 4.78 is 43.4. The number of nitrogens with zero attached hydrogens (tertiary/aromatic N) is 2. The Morgan fingerprint density at radius 2 is 2.04 bits per heavy atom. The van der Waals surface area contributed by atoms with Crippen LogP contribution in [-0.2, 0) is 17.4 Å². The number of aromatic nitrogens is 3. The summed E-state index contributed by atoms with van der Waals surface area (Å²) in [5, 5.41) is 5.81. The topological polar surface area (TPSA) is 88.8 Å². The molecule has 6 nitrogen and oxygen atoms in total. The van der Waals surface area contributed by atoms with Crippen molar-refractivity contribution in [3.05, 3.63) is 60.1 Å². The van der Waals surface area contributed by atoms with E-state index in [-0.39, 0.29) is 12.2 Å². The molecule has 10 heteroatoms. The maximum absolute atomic E-state index is 12.8. The van der Waals surface area contributed by atoms with Gasteiger partial charge in [0.05, 0.1) is 16.7 Å². The number of hydrogen-bond acceptors (Lipinski definition) is 6. The van der Waals surface area contributed by atoms with E-state index in [9.17, 15) is 22.8 Å². The van der Waals surface area contributed by atoms with Crippen molar-refractivity contribution in [3.63, 3.8) is 0 Å². The summed E-state index contributed by atoms with van der Waals surface area (Å²) >= 11 is 1.01. The molecule has 0 saturated heterocycles. The number of alkyl halides is 3. The lowest BCUT2D eigenvalue weighted by Crippen LogP contribution is -2.18. The molecule has 0 aliphatic heterocycles. The number of benzene rings is 1. The maximum Gasteiger partial charge on any atom is 0.416 e. The summed E-state index contributed by atoms with van der Waals surface area (Å²) in [6.07, 6.45) is -1.02. The van der Waals surface area contributed by atoms with Gasteiger partial charge in [-0.25, -0.2) is 4.98 Å². The number of nitrogens with one attached hydrogen (secondary N) is 1. The summed E-state index contributed by atoms with van der Waals surface area (Å²) in [6, 6.07) is 4.78. The summed E-state index contributed by atoms with van der Waals surface area (Å²) in [6.45, 7) is 0. The summed E-state index contributed by atoms with van der Waals surface area (Å²) in [7, 11) is 0. The van der Waals surface area contributed by atoms with Crippen molar-refractivity contribution in [2.24, 2.45) is 0 Å². The largest absolute Gasteiger partial charge is 0.471 e. The molecule has 26 heavy (non-hydrogen) atoms. The Bertz CT molecular complexity index is 936. The van der Waals surface area contributed by atoms with Gasteiger partial charge in [0.2, 0.25) is 5.78 Å². The summed E-state index contributed by atoms with van der Waals surface area (Å²) in [5.41, 5.74) is -0.380. The summed E-state index contributed by atoms with van der Waals surface area (Å²) in [5.74, 6) is -1.75. The lowest BCUT2D eigenvalue weighted by molar-refractivity contribution is -0.137. The normalized spacial score (nSPS) is 11.5. The molecule has 0 bridgehead atoms.